The Hall–Kier alpha value is -1.39. The predicted molar refractivity (Wildman–Crippen MR) is 91.7 cm³/mol. The van der Waals surface area contributed by atoms with Crippen LogP contribution in [-0.2, 0) is 14.3 Å². The van der Waals surface area contributed by atoms with Gasteiger partial charge in [-0.05, 0) is 12.8 Å². The van der Waals surface area contributed by atoms with Gasteiger partial charge in [0.25, 0.3) is 0 Å². The molecule has 0 unspecified atom stereocenters. The van der Waals surface area contributed by atoms with Crippen LogP contribution in [0.5, 0.6) is 0 Å². The molecule has 132 valence electrons. The molecule has 0 radical (unpaired) electrons. The number of aromatic nitrogens is 2. The van der Waals surface area contributed by atoms with E-state index < -0.39 is 0 Å². The van der Waals surface area contributed by atoms with Crippen LogP contribution in [-0.4, -0.2) is 77.0 Å². The number of carbonyl (C=O) groups is 2. The van der Waals surface area contributed by atoms with Crippen molar-refractivity contribution in [3.8, 4) is 0 Å². The monoisotopic (exact) mass is 371 g/mol. The van der Waals surface area contributed by atoms with E-state index in [4.69, 9.17) is 10.5 Å². The van der Waals surface area contributed by atoms with Crippen LogP contribution in [0.2, 0.25) is 0 Å². The van der Waals surface area contributed by atoms with Crippen LogP contribution in [0, 0.1) is 5.92 Å². The maximum absolute atomic E-state index is 12.6. The first-order valence-electron chi connectivity index (χ1n) is 7.87. The lowest BCUT2D eigenvalue weighted by molar-refractivity contribution is -0.140. The Balaban J connectivity index is 1.61. The molecule has 3 saturated heterocycles. The zero-order chi connectivity index (χ0) is 17.1. The largest absolute Gasteiger partial charge is 0.383 e. The van der Waals surface area contributed by atoms with Crippen LogP contribution >= 0.6 is 23.1 Å². The Morgan fingerprint density at radius 1 is 1.42 bits per heavy atom. The SMILES string of the molecule is COCCN1C(=O)[C@H]2CC[C@@H]1CN(C(=O)CSc1nnc(N)s1)C2. The first-order chi connectivity index (χ1) is 11.6. The summed E-state index contributed by atoms with van der Waals surface area (Å²) in [6, 6.07) is 0.0949. The van der Waals surface area contributed by atoms with E-state index in [1.807, 2.05) is 9.80 Å². The zero-order valence-electron chi connectivity index (χ0n) is 13.5. The molecular formula is C14H21N5O3S2. The average Bonchev–Trinajstić information content (AvgIpc) is 2.80. The second-order valence-corrected chi connectivity index (χ2v) is 8.18. The van der Waals surface area contributed by atoms with Gasteiger partial charge in [-0.3, -0.25) is 9.59 Å². The number of piperidine rings is 1. The standard InChI is InChI=1S/C14H21N5O3S2/c1-22-5-4-19-10-3-2-9(12(19)21)6-18(7-10)11(20)8-23-14-17-16-13(15)24-14/h9-10H,2-8H2,1H3,(H2,15,16)/t9-,10+/m0/s1. The Labute approximate surface area is 148 Å². The van der Waals surface area contributed by atoms with Gasteiger partial charge in [0.2, 0.25) is 16.9 Å². The third-order valence-corrected chi connectivity index (χ3v) is 6.29. The van der Waals surface area contributed by atoms with Gasteiger partial charge in [0.1, 0.15) is 0 Å². The second-order valence-electron chi connectivity index (χ2n) is 5.95. The molecule has 3 fully saturated rings. The number of anilines is 1. The second kappa shape index (κ2) is 7.66. The van der Waals surface area contributed by atoms with Crippen molar-refractivity contribution < 1.29 is 14.3 Å². The van der Waals surface area contributed by atoms with Crippen molar-refractivity contribution in [1.29, 1.82) is 0 Å². The van der Waals surface area contributed by atoms with Crippen molar-refractivity contribution in [3.63, 3.8) is 0 Å². The van der Waals surface area contributed by atoms with Crippen molar-refractivity contribution in [2.24, 2.45) is 5.92 Å². The summed E-state index contributed by atoms with van der Waals surface area (Å²) in [5.74, 6) is 0.391. The van der Waals surface area contributed by atoms with Gasteiger partial charge in [0.15, 0.2) is 4.34 Å². The van der Waals surface area contributed by atoms with Crippen LogP contribution in [0.3, 0.4) is 0 Å². The van der Waals surface area contributed by atoms with Crippen molar-refractivity contribution in [3.05, 3.63) is 0 Å². The molecule has 2 N–H and O–H groups in total. The van der Waals surface area contributed by atoms with E-state index in [1.54, 1.807) is 7.11 Å². The topological polar surface area (TPSA) is 102 Å². The van der Waals surface area contributed by atoms with E-state index in [-0.39, 0.29) is 23.8 Å². The molecule has 10 heteroatoms. The van der Waals surface area contributed by atoms with Crippen molar-refractivity contribution >= 4 is 40.0 Å². The van der Waals surface area contributed by atoms with E-state index in [1.165, 1.54) is 23.1 Å². The Kier molecular flexibility index (Phi) is 5.57. The highest BCUT2D eigenvalue weighted by Gasteiger charge is 2.41. The first-order valence-corrected chi connectivity index (χ1v) is 9.67. The summed E-state index contributed by atoms with van der Waals surface area (Å²) in [7, 11) is 1.63. The average molecular weight is 371 g/mol. The van der Waals surface area contributed by atoms with E-state index in [0.717, 1.165) is 12.8 Å². The number of rotatable bonds is 6. The van der Waals surface area contributed by atoms with Crippen LogP contribution in [0.4, 0.5) is 5.13 Å². The number of methoxy groups -OCH3 is 1. The molecule has 2 atom stereocenters. The summed E-state index contributed by atoms with van der Waals surface area (Å²) in [6.45, 7) is 2.23. The van der Waals surface area contributed by atoms with Gasteiger partial charge in [-0.2, -0.15) is 0 Å². The van der Waals surface area contributed by atoms with E-state index in [2.05, 4.69) is 10.2 Å². The highest BCUT2D eigenvalue weighted by Crippen LogP contribution is 2.30. The lowest BCUT2D eigenvalue weighted by atomic mass is 9.94. The van der Waals surface area contributed by atoms with E-state index in [9.17, 15) is 9.59 Å². The summed E-state index contributed by atoms with van der Waals surface area (Å²) in [4.78, 5) is 28.8. The smallest absolute Gasteiger partial charge is 0.233 e. The lowest BCUT2D eigenvalue weighted by Gasteiger charge is -2.35. The number of fused-ring (bicyclic) bond motifs is 4. The highest BCUT2D eigenvalue weighted by atomic mass is 32.2. The Morgan fingerprint density at radius 2 is 2.25 bits per heavy atom. The molecule has 0 aliphatic carbocycles. The summed E-state index contributed by atoms with van der Waals surface area (Å²) in [5.41, 5.74) is 5.55. The molecule has 3 aliphatic heterocycles. The zero-order valence-corrected chi connectivity index (χ0v) is 15.1. The van der Waals surface area contributed by atoms with E-state index >= 15 is 0 Å². The molecule has 4 heterocycles. The minimum Gasteiger partial charge on any atom is -0.383 e. The molecule has 2 amide bonds. The maximum atomic E-state index is 12.6. The third kappa shape index (κ3) is 3.81. The molecular weight excluding hydrogens is 350 g/mol. The number of amides is 2. The number of nitrogen functional groups attached to an aromatic ring is 1. The molecule has 4 rings (SSSR count). The summed E-state index contributed by atoms with van der Waals surface area (Å²) in [6.07, 6.45) is 1.81. The number of nitrogens with zero attached hydrogens (tertiary/aromatic N) is 4. The fourth-order valence-electron chi connectivity index (χ4n) is 3.22. The minimum atomic E-state index is -0.0910. The molecule has 1 aromatic heterocycles. The quantitative estimate of drug-likeness (QED) is 0.718. The predicted octanol–water partition coefficient (Wildman–Crippen LogP) is 0.308. The number of hydrogen-bond donors (Lipinski definition) is 1. The van der Waals surface area contributed by atoms with Crippen LogP contribution in [0.1, 0.15) is 12.8 Å². The molecule has 0 aromatic carbocycles. The molecule has 3 aliphatic rings. The van der Waals surface area contributed by atoms with Crippen molar-refractivity contribution in [2.45, 2.75) is 23.2 Å². The number of carbonyl (C=O) groups excluding carboxylic acids is 2. The normalized spacial score (nSPS) is 23.6. The highest BCUT2D eigenvalue weighted by molar-refractivity contribution is 8.01. The van der Waals surface area contributed by atoms with Gasteiger partial charge in [0, 0.05) is 32.8 Å². The van der Waals surface area contributed by atoms with Crippen molar-refractivity contribution in [1.82, 2.24) is 20.0 Å². The van der Waals surface area contributed by atoms with E-state index in [0.29, 0.717) is 41.5 Å². The lowest BCUT2D eigenvalue weighted by Crippen LogP contribution is -2.49. The van der Waals surface area contributed by atoms with Gasteiger partial charge in [-0.15, -0.1) is 10.2 Å². The number of hydrogen-bond acceptors (Lipinski definition) is 8. The fraction of sp³-hybridized carbons (Fsp3) is 0.714. The third-order valence-electron chi connectivity index (χ3n) is 4.42. The van der Waals surface area contributed by atoms with Gasteiger partial charge >= 0.3 is 0 Å². The molecule has 24 heavy (non-hydrogen) atoms. The fourth-order valence-corrected chi connectivity index (χ4v) is 4.76. The van der Waals surface area contributed by atoms with Gasteiger partial charge in [-0.1, -0.05) is 23.1 Å². The molecule has 0 saturated carbocycles. The molecule has 8 nitrogen and oxygen atoms in total. The maximum Gasteiger partial charge on any atom is 0.233 e. The van der Waals surface area contributed by atoms with Gasteiger partial charge < -0.3 is 20.3 Å². The van der Waals surface area contributed by atoms with Gasteiger partial charge in [-0.25, -0.2) is 0 Å². The van der Waals surface area contributed by atoms with Crippen LogP contribution in [0.15, 0.2) is 4.34 Å². The Bertz CT molecular complexity index is 611. The van der Waals surface area contributed by atoms with Gasteiger partial charge in [0.05, 0.1) is 18.3 Å². The number of ether oxygens (including phenoxy) is 1. The summed E-state index contributed by atoms with van der Waals surface area (Å²) in [5, 5.41) is 8.05. The summed E-state index contributed by atoms with van der Waals surface area (Å²) >= 11 is 2.62. The molecule has 1 aromatic rings. The molecule has 2 bridgehead atoms. The first kappa shape index (κ1) is 17.4. The van der Waals surface area contributed by atoms with Crippen molar-refractivity contribution in [2.75, 3.05) is 44.8 Å². The summed E-state index contributed by atoms with van der Waals surface area (Å²) < 4.78 is 5.80. The van der Waals surface area contributed by atoms with Crippen LogP contribution < -0.4 is 5.73 Å². The number of thioether (sulfide) groups is 1. The number of nitrogens with two attached hydrogens (primary N) is 1. The van der Waals surface area contributed by atoms with Crippen LogP contribution in [0.25, 0.3) is 0 Å². The minimum absolute atomic E-state index is 0.0343. The molecule has 0 spiro atoms. The Morgan fingerprint density at radius 3 is 2.96 bits per heavy atom.